The van der Waals surface area contributed by atoms with Crippen molar-refractivity contribution in [3.8, 4) is 23.0 Å². The van der Waals surface area contributed by atoms with Crippen LogP contribution in [0.5, 0.6) is 0 Å². The van der Waals surface area contributed by atoms with E-state index < -0.39 is 5.97 Å². The van der Waals surface area contributed by atoms with E-state index in [1.807, 2.05) is 43.3 Å². The Bertz CT molecular complexity index is 643. The molecule has 0 aliphatic rings. The lowest BCUT2D eigenvalue weighted by molar-refractivity contribution is 0.0697. The first kappa shape index (κ1) is 12.9. The van der Waals surface area contributed by atoms with Crippen LogP contribution in [0.15, 0.2) is 48.5 Å². The molecule has 0 saturated carbocycles. The van der Waals surface area contributed by atoms with Crippen LogP contribution in [-0.2, 0) is 0 Å². The summed E-state index contributed by atoms with van der Waals surface area (Å²) in [5.41, 5.74) is 3.30. The molecule has 0 amide bonds. The van der Waals surface area contributed by atoms with Gasteiger partial charge in [-0.25, -0.2) is 4.79 Å². The van der Waals surface area contributed by atoms with Crippen LogP contribution in [-0.4, -0.2) is 11.1 Å². The molecular weight excluding hydrogens is 236 g/mol. The predicted octanol–water partition coefficient (Wildman–Crippen LogP) is 3.81. The molecule has 2 nitrogen and oxygen atoms in total. The fourth-order valence-electron chi connectivity index (χ4n) is 1.77. The molecule has 1 N–H and O–H groups in total. The van der Waals surface area contributed by atoms with Crippen molar-refractivity contribution in [3.63, 3.8) is 0 Å². The van der Waals surface area contributed by atoms with E-state index >= 15 is 0 Å². The number of carboxylic acid groups (broad SMARTS) is 1. The molecule has 0 aliphatic carbocycles. The summed E-state index contributed by atoms with van der Waals surface area (Å²) >= 11 is 0. The summed E-state index contributed by atoms with van der Waals surface area (Å²) in [4.78, 5) is 10.8. The zero-order valence-electron chi connectivity index (χ0n) is 10.7. The highest BCUT2D eigenvalue weighted by molar-refractivity contribution is 5.88. The molecular formula is C17H14O2. The fourth-order valence-corrected chi connectivity index (χ4v) is 1.77. The number of hydrogen-bond acceptors (Lipinski definition) is 1. The van der Waals surface area contributed by atoms with Crippen molar-refractivity contribution in [3.05, 3.63) is 59.7 Å². The maximum Gasteiger partial charge on any atom is 0.335 e. The average molecular weight is 250 g/mol. The lowest BCUT2D eigenvalue weighted by Crippen LogP contribution is -1.94. The molecule has 0 unspecified atom stereocenters. The summed E-state index contributed by atoms with van der Waals surface area (Å²) in [6.07, 6.45) is 0.831. The summed E-state index contributed by atoms with van der Waals surface area (Å²) in [6.45, 7) is 2.02. The van der Waals surface area contributed by atoms with E-state index in [-0.39, 0.29) is 0 Å². The van der Waals surface area contributed by atoms with E-state index in [9.17, 15) is 4.79 Å². The topological polar surface area (TPSA) is 37.3 Å². The van der Waals surface area contributed by atoms with Gasteiger partial charge in [0.25, 0.3) is 0 Å². The van der Waals surface area contributed by atoms with Crippen molar-refractivity contribution in [1.29, 1.82) is 0 Å². The maximum absolute atomic E-state index is 10.8. The largest absolute Gasteiger partial charge is 0.478 e. The van der Waals surface area contributed by atoms with Gasteiger partial charge < -0.3 is 5.11 Å². The lowest BCUT2D eigenvalue weighted by atomic mass is 10.0. The van der Waals surface area contributed by atoms with Crippen LogP contribution in [0.1, 0.15) is 29.3 Å². The molecule has 2 aromatic rings. The first-order valence-electron chi connectivity index (χ1n) is 6.13. The molecule has 2 heteroatoms. The second-order valence-corrected chi connectivity index (χ2v) is 4.12. The second-order valence-electron chi connectivity index (χ2n) is 4.12. The first-order valence-corrected chi connectivity index (χ1v) is 6.13. The Morgan fingerprint density at radius 1 is 1.11 bits per heavy atom. The van der Waals surface area contributed by atoms with Gasteiger partial charge in [0.1, 0.15) is 0 Å². The van der Waals surface area contributed by atoms with E-state index in [4.69, 9.17) is 5.11 Å². The lowest BCUT2D eigenvalue weighted by Gasteiger charge is -2.03. The molecule has 0 aliphatic heterocycles. The quantitative estimate of drug-likeness (QED) is 0.823. The molecule has 0 bridgehead atoms. The van der Waals surface area contributed by atoms with Gasteiger partial charge in [0.05, 0.1) is 5.56 Å². The Kier molecular flexibility index (Phi) is 4.00. The van der Waals surface area contributed by atoms with Gasteiger partial charge in [0.2, 0.25) is 0 Å². The van der Waals surface area contributed by atoms with Crippen LogP contribution in [0.2, 0.25) is 0 Å². The van der Waals surface area contributed by atoms with Gasteiger partial charge >= 0.3 is 5.97 Å². The minimum atomic E-state index is -0.908. The fraction of sp³-hybridized carbons (Fsp3) is 0.118. The Morgan fingerprint density at radius 3 is 2.47 bits per heavy atom. The monoisotopic (exact) mass is 250 g/mol. The predicted molar refractivity (Wildman–Crippen MR) is 76.0 cm³/mol. The third-order valence-corrected chi connectivity index (χ3v) is 2.74. The number of aromatic carboxylic acids is 1. The zero-order chi connectivity index (χ0) is 13.7. The van der Waals surface area contributed by atoms with Crippen LogP contribution < -0.4 is 0 Å². The normalized spacial score (nSPS) is 9.53. The van der Waals surface area contributed by atoms with Crippen LogP contribution in [0.4, 0.5) is 0 Å². The minimum absolute atomic E-state index is 0.297. The van der Waals surface area contributed by atoms with E-state index in [1.165, 1.54) is 0 Å². The molecule has 0 fully saturated rings. The van der Waals surface area contributed by atoms with Gasteiger partial charge in [0.15, 0.2) is 0 Å². The zero-order valence-corrected chi connectivity index (χ0v) is 10.7. The highest BCUT2D eigenvalue weighted by atomic mass is 16.4. The van der Waals surface area contributed by atoms with Gasteiger partial charge in [-0.2, -0.15) is 0 Å². The van der Waals surface area contributed by atoms with Crippen molar-refractivity contribution in [2.75, 3.05) is 0 Å². The third-order valence-electron chi connectivity index (χ3n) is 2.74. The minimum Gasteiger partial charge on any atom is -0.478 e. The summed E-state index contributed by atoms with van der Waals surface area (Å²) in [5, 5.41) is 8.87. The molecule has 19 heavy (non-hydrogen) atoms. The number of hydrogen-bond donors (Lipinski definition) is 1. The smallest absolute Gasteiger partial charge is 0.335 e. The van der Waals surface area contributed by atoms with E-state index in [1.54, 1.807) is 12.1 Å². The van der Waals surface area contributed by atoms with Gasteiger partial charge in [0, 0.05) is 12.0 Å². The molecule has 0 radical (unpaired) electrons. The summed E-state index contributed by atoms with van der Waals surface area (Å²) in [7, 11) is 0. The first-order chi connectivity index (χ1) is 9.20. The third kappa shape index (κ3) is 3.23. The Hall–Kier alpha value is -2.53. The van der Waals surface area contributed by atoms with Crippen LogP contribution in [0.3, 0.4) is 0 Å². The average Bonchev–Trinajstić information content (AvgIpc) is 2.45. The number of carbonyl (C=O) groups is 1. The summed E-state index contributed by atoms with van der Waals surface area (Å²) in [6, 6.07) is 14.8. The highest BCUT2D eigenvalue weighted by Crippen LogP contribution is 2.20. The molecule has 0 spiro atoms. The van der Waals surface area contributed by atoms with Gasteiger partial charge in [-0.15, -0.1) is 0 Å². The second kappa shape index (κ2) is 5.88. The highest BCUT2D eigenvalue weighted by Gasteiger charge is 2.03. The maximum atomic E-state index is 10.8. The van der Waals surface area contributed by atoms with Crippen LogP contribution in [0.25, 0.3) is 11.1 Å². The summed E-state index contributed by atoms with van der Waals surface area (Å²) < 4.78 is 0. The van der Waals surface area contributed by atoms with E-state index in [0.717, 1.165) is 23.1 Å². The van der Waals surface area contributed by atoms with Crippen molar-refractivity contribution >= 4 is 5.97 Å². The number of carboxylic acids is 1. The van der Waals surface area contributed by atoms with Gasteiger partial charge in [-0.05, 0) is 35.4 Å². The Labute approximate surface area is 112 Å². The molecule has 0 saturated heterocycles. The van der Waals surface area contributed by atoms with Crippen LogP contribution in [0, 0.1) is 11.8 Å². The molecule has 2 rings (SSSR count). The van der Waals surface area contributed by atoms with Gasteiger partial charge in [-0.3, -0.25) is 0 Å². The number of benzene rings is 2. The van der Waals surface area contributed by atoms with E-state index in [0.29, 0.717) is 5.56 Å². The van der Waals surface area contributed by atoms with Crippen LogP contribution >= 0.6 is 0 Å². The molecule has 0 aromatic heterocycles. The number of rotatable bonds is 2. The molecule has 0 heterocycles. The SMILES string of the molecule is CCC#Cc1cccc(-c2ccc(C(=O)O)cc2)c1. The van der Waals surface area contributed by atoms with Gasteiger partial charge in [-0.1, -0.05) is 43.0 Å². The molecule has 94 valence electrons. The van der Waals surface area contributed by atoms with Crippen molar-refractivity contribution in [2.24, 2.45) is 0 Å². The van der Waals surface area contributed by atoms with Crippen molar-refractivity contribution in [1.82, 2.24) is 0 Å². The Morgan fingerprint density at radius 2 is 1.84 bits per heavy atom. The standard InChI is InChI=1S/C17H14O2/c1-2-3-5-13-6-4-7-16(12-13)14-8-10-15(11-9-14)17(18)19/h4,6-12H,2H2,1H3,(H,18,19). The Balaban J connectivity index is 2.33. The van der Waals surface area contributed by atoms with Crippen molar-refractivity contribution in [2.45, 2.75) is 13.3 Å². The van der Waals surface area contributed by atoms with E-state index in [2.05, 4.69) is 11.8 Å². The van der Waals surface area contributed by atoms with Crippen molar-refractivity contribution < 1.29 is 9.90 Å². The summed E-state index contributed by atoms with van der Waals surface area (Å²) in [5.74, 6) is 5.22. The molecule has 0 atom stereocenters. The molecule has 2 aromatic carbocycles.